The molecule has 0 saturated heterocycles. The van der Waals surface area contributed by atoms with Crippen molar-refractivity contribution in [2.75, 3.05) is 7.05 Å². The highest BCUT2D eigenvalue weighted by Crippen LogP contribution is 2.33. The lowest BCUT2D eigenvalue weighted by molar-refractivity contribution is 0.345. The molecule has 0 spiro atoms. The first-order valence-electron chi connectivity index (χ1n) is 5.86. The van der Waals surface area contributed by atoms with Crippen LogP contribution in [0.3, 0.4) is 0 Å². The minimum atomic E-state index is 0.475. The van der Waals surface area contributed by atoms with Gasteiger partial charge in [0, 0.05) is 6.04 Å². The standard InChI is InChI=1S/C11H19N3S/c1-12-11(10-8-13-14-15-10)9-6-4-2-3-5-7-9/h8-9,11-12H,2-7H2,1H3. The molecule has 0 bridgehead atoms. The number of aromatic nitrogens is 2. The van der Waals surface area contributed by atoms with Crippen LogP contribution < -0.4 is 5.32 Å². The van der Waals surface area contributed by atoms with E-state index in [1.165, 1.54) is 54.9 Å². The van der Waals surface area contributed by atoms with E-state index < -0.39 is 0 Å². The summed E-state index contributed by atoms with van der Waals surface area (Å²) in [4.78, 5) is 1.30. The highest BCUT2D eigenvalue weighted by atomic mass is 32.1. The molecule has 4 heteroatoms. The van der Waals surface area contributed by atoms with Crippen LogP contribution in [0, 0.1) is 5.92 Å². The smallest absolute Gasteiger partial charge is 0.0669 e. The summed E-state index contributed by atoms with van der Waals surface area (Å²) in [5.41, 5.74) is 0. The van der Waals surface area contributed by atoms with Gasteiger partial charge in [-0.2, -0.15) is 0 Å². The highest BCUT2D eigenvalue weighted by molar-refractivity contribution is 7.05. The fraction of sp³-hybridized carbons (Fsp3) is 0.818. The zero-order chi connectivity index (χ0) is 10.5. The number of rotatable bonds is 3. The Morgan fingerprint density at radius 1 is 1.33 bits per heavy atom. The van der Waals surface area contributed by atoms with Crippen LogP contribution in [0.2, 0.25) is 0 Å². The number of hydrogen-bond donors (Lipinski definition) is 1. The van der Waals surface area contributed by atoms with Gasteiger partial charge in [-0.3, -0.25) is 0 Å². The molecular formula is C11H19N3S. The summed E-state index contributed by atoms with van der Waals surface area (Å²) in [7, 11) is 2.05. The van der Waals surface area contributed by atoms with Crippen LogP contribution in [-0.4, -0.2) is 16.6 Å². The molecule has 84 valence electrons. The van der Waals surface area contributed by atoms with Crippen LogP contribution in [0.5, 0.6) is 0 Å². The first kappa shape index (κ1) is 11.0. The van der Waals surface area contributed by atoms with Gasteiger partial charge in [0.1, 0.15) is 0 Å². The van der Waals surface area contributed by atoms with Gasteiger partial charge in [0.15, 0.2) is 0 Å². The van der Waals surface area contributed by atoms with Crippen molar-refractivity contribution in [3.8, 4) is 0 Å². The summed E-state index contributed by atoms with van der Waals surface area (Å²) in [6.45, 7) is 0. The van der Waals surface area contributed by atoms with Crippen molar-refractivity contribution in [1.29, 1.82) is 0 Å². The molecule has 0 radical (unpaired) electrons. The van der Waals surface area contributed by atoms with Crippen molar-refractivity contribution in [3.05, 3.63) is 11.1 Å². The van der Waals surface area contributed by atoms with Gasteiger partial charge in [-0.05, 0) is 37.3 Å². The van der Waals surface area contributed by atoms with Gasteiger partial charge >= 0.3 is 0 Å². The third-order valence-corrected chi connectivity index (χ3v) is 4.11. The molecule has 1 aliphatic carbocycles. The number of hydrogen-bond acceptors (Lipinski definition) is 4. The zero-order valence-corrected chi connectivity index (χ0v) is 10.1. The maximum atomic E-state index is 3.96. The Balaban J connectivity index is 2.04. The third-order valence-electron chi connectivity index (χ3n) is 3.37. The second-order valence-electron chi connectivity index (χ2n) is 4.34. The van der Waals surface area contributed by atoms with E-state index in [9.17, 15) is 0 Å². The van der Waals surface area contributed by atoms with E-state index >= 15 is 0 Å². The lowest BCUT2D eigenvalue weighted by Crippen LogP contribution is -2.24. The van der Waals surface area contributed by atoms with E-state index in [1.54, 1.807) is 0 Å². The van der Waals surface area contributed by atoms with Crippen molar-refractivity contribution in [3.63, 3.8) is 0 Å². The minimum absolute atomic E-state index is 0.475. The average Bonchev–Trinajstić information content (AvgIpc) is 2.63. The van der Waals surface area contributed by atoms with Gasteiger partial charge in [-0.1, -0.05) is 30.2 Å². The van der Waals surface area contributed by atoms with Gasteiger partial charge in [-0.15, -0.1) is 5.10 Å². The second kappa shape index (κ2) is 5.56. The molecule has 15 heavy (non-hydrogen) atoms. The van der Waals surface area contributed by atoms with Crippen molar-refractivity contribution >= 4 is 11.5 Å². The Hall–Kier alpha value is -0.480. The second-order valence-corrected chi connectivity index (χ2v) is 5.16. The molecule has 3 nitrogen and oxygen atoms in total. The molecule has 1 heterocycles. The quantitative estimate of drug-likeness (QED) is 0.804. The lowest BCUT2D eigenvalue weighted by atomic mass is 9.91. The van der Waals surface area contributed by atoms with Crippen molar-refractivity contribution in [2.24, 2.45) is 5.92 Å². The van der Waals surface area contributed by atoms with E-state index in [0.717, 1.165) is 5.92 Å². The summed E-state index contributed by atoms with van der Waals surface area (Å²) >= 11 is 1.53. The van der Waals surface area contributed by atoms with Gasteiger partial charge in [0.05, 0.1) is 11.1 Å². The Kier molecular flexibility index (Phi) is 4.09. The fourth-order valence-electron chi connectivity index (χ4n) is 2.57. The predicted octanol–water partition coefficient (Wildman–Crippen LogP) is 2.77. The third kappa shape index (κ3) is 2.75. The molecule has 1 N–H and O–H groups in total. The Morgan fingerprint density at radius 2 is 2.07 bits per heavy atom. The molecular weight excluding hydrogens is 206 g/mol. The first-order chi connectivity index (χ1) is 7.42. The molecule has 1 atom stereocenters. The van der Waals surface area contributed by atoms with E-state index in [2.05, 4.69) is 22.0 Å². The van der Waals surface area contributed by atoms with Crippen molar-refractivity contribution < 1.29 is 0 Å². The lowest BCUT2D eigenvalue weighted by Gasteiger charge is -2.23. The SMILES string of the molecule is CNC(c1cnns1)C1CCCCCC1. The molecule has 1 aromatic rings. The summed E-state index contributed by atoms with van der Waals surface area (Å²) < 4.78 is 3.96. The Morgan fingerprint density at radius 3 is 2.60 bits per heavy atom. The van der Waals surface area contributed by atoms with E-state index in [0.29, 0.717) is 6.04 Å². The first-order valence-corrected chi connectivity index (χ1v) is 6.63. The fourth-order valence-corrected chi connectivity index (χ4v) is 3.27. The van der Waals surface area contributed by atoms with Crippen LogP contribution >= 0.6 is 11.5 Å². The number of nitrogens with zero attached hydrogens (tertiary/aromatic N) is 2. The van der Waals surface area contributed by atoms with Crippen molar-refractivity contribution in [1.82, 2.24) is 14.9 Å². The molecule has 0 aliphatic heterocycles. The monoisotopic (exact) mass is 225 g/mol. The van der Waals surface area contributed by atoms with E-state index in [-0.39, 0.29) is 0 Å². The zero-order valence-electron chi connectivity index (χ0n) is 9.28. The highest BCUT2D eigenvalue weighted by Gasteiger charge is 2.24. The largest absolute Gasteiger partial charge is 0.312 e. The van der Waals surface area contributed by atoms with Crippen LogP contribution in [0.1, 0.15) is 49.4 Å². The molecule has 1 saturated carbocycles. The number of nitrogens with one attached hydrogen (secondary N) is 1. The van der Waals surface area contributed by atoms with Gasteiger partial charge in [0.2, 0.25) is 0 Å². The summed E-state index contributed by atoms with van der Waals surface area (Å²) in [6.07, 6.45) is 10.2. The minimum Gasteiger partial charge on any atom is -0.312 e. The molecule has 1 fully saturated rings. The van der Waals surface area contributed by atoms with Crippen LogP contribution in [0.25, 0.3) is 0 Å². The summed E-state index contributed by atoms with van der Waals surface area (Å²) in [5, 5.41) is 7.37. The predicted molar refractivity (Wildman–Crippen MR) is 62.9 cm³/mol. The molecule has 2 rings (SSSR count). The normalized spacial score (nSPS) is 21.1. The van der Waals surface area contributed by atoms with Gasteiger partial charge in [-0.25, -0.2) is 0 Å². The molecule has 0 amide bonds. The molecule has 1 aliphatic rings. The van der Waals surface area contributed by atoms with E-state index in [4.69, 9.17) is 0 Å². The average molecular weight is 225 g/mol. The summed E-state index contributed by atoms with van der Waals surface area (Å²) in [5.74, 6) is 0.778. The van der Waals surface area contributed by atoms with Crippen LogP contribution in [0.15, 0.2) is 6.20 Å². The van der Waals surface area contributed by atoms with Crippen LogP contribution in [0.4, 0.5) is 0 Å². The topological polar surface area (TPSA) is 37.8 Å². The van der Waals surface area contributed by atoms with Gasteiger partial charge < -0.3 is 5.32 Å². The van der Waals surface area contributed by atoms with Crippen molar-refractivity contribution in [2.45, 2.75) is 44.6 Å². The summed E-state index contributed by atoms with van der Waals surface area (Å²) in [6, 6.07) is 0.475. The van der Waals surface area contributed by atoms with E-state index in [1.807, 2.05) is 6.20 Å². The molecule has 1 aromatic heterocycles. The van der Waals surface area contributed by atoms with Gasteiger partial charge in [0.25, 0.3) is 0 Å². The van der Waals surface area contributed by atoms with Crippen LogP contribution in [-0.2, 0) is 0 Å². The maximum Gasteiger partial charge on any atom is 0.0669 e. The maximum absolute atomic E-state index is 3.96. The molecule has 0 aromatic carbocycles. The Bertz CT molecular complexity index is 265. The Labute approximate surface area is 95.4 Å². The molecule has 1 unspecified atom stereocenters.